The summed E-state index contributed by atoms with van der Waals surface area (Å²) >= 11 is 0. The van der Waals surface area contributed by atoms with Crippen molar-refractivity contribution in [1.29, 1.82) is 0 Å². The van der Waals surface area contributed by atoms with Crippen molar-refractivity contribution in [3.63, 3.8) is 0 Å². The average Bonchev–Trinajstić information content (AvgIpc) is 2.78. The molecule has 1 fully saturated rings. The minimum Gasteiger partial charge on any atom is -0.832 e. The van der Waals surface area contributed by atoms with Gasteiger partial charge in [0.15, 0.2) is 0 Å². The minimum absolute atomic E-state index is 0.253. The van der Waals surface area contributed by atoms with Crippen LogP contribution in [0.15, 0.2) is 72.8 Å². The number of benzene rings is 3. The summed E-state index contributed by atoms with van der Waals surface area (Å²) in [4.78, 5) is 0. The van der Waals surface area contributed by atoms with Crippen molar-refractivity contribution in [1.82, 2.24) is 0 Å². The largest absolute Gasteiger partial charge is 0.832 e. The van der Waals surface area contributed by atoms with Crippen molar-refractivity contribution in [3.8, 4) is 0 Å². The van der Waals surface area contributed by atoms with Crippen molar-refractivity contribution in [2.75, 3.05) is 28.2 Å². The molecule has 1 N–H and O–H groups in total. The Morgan fingerprint density at radius 3 is 1.56 bits per heavy atom. The maximum Gasteiger partial charge on any atom is 0.343 e. The first-order valence-corrected chi connectivity index (χ1v) is 12.0. The third kappa shape index (κ3) is 6.18. The highest BCUT2D eigenvalue weighted by molar-refractivity contribution is 6.30. The standard InChI is InChI=1S/C24H21BF3O3.C4H12N/c26-20-9-3-6-17(14-20)23(18-7-4-10-21(27)15-18)12-1-2-13-24(23,31-25(29)30)19-8-5-11-22(28)16-19;1-5(2,3)4/h3-11,14-16,29H,1-2,12-13H2;1-4H3/q-1;+1. The molecule has 0 aromatic heterocycles. The fourth-order valence-corrected chi connectivity index (χ4v) is 5.14. The molecule has 0 radical (unpaired) electrons. The minimum atomic E-state index is -2.43. The molecule has 192 valence electrons. The van der Waals surface area contributed by atoms with E-state index in [0.29, 0.717) is 36.0 Å². The summed E-state index contributed by atoms with van der Waals surface area (Å²) < 4.78 is 49.8. The highest BCUT2D eigenvalue weighted by Gasteiger charge is 2.57. The van der Waals surface area contributed by atoms with E-state index in [1.54, 1.807) is 18.2 Å². The zero-order valence-corrected chi connectivity index (χ0v) is 21.2. The van der Waals surface area contributed by atoms with Crippen molar-refractivity contribution in [2.45, 2.75) is 36.7 Å². The van der Waals surface area contributed by atoms with Crippen LogP contribution >= 0.6 is 0 Å². The number of nitrogens with zero attached hydrogens (tertiary/aromatic N) is 1. The summed E-state index contributed by atoms with van der Waals surface area (Å²) in [6.45, 7) is 0. The zero-order chi connectivity index (χ0) is 26.6. The van der Waals surface area contributed by atoms with Crippen LogP contribution in [0.1, 0.15) is 42.4 Å². The van der Waals surface area contributed by atoms with Crippen LogP contribution in [0.2, 0.25) is 0 Å². The number of halogens is 3. The van der Waals surface area contributed by atoms with Crippen LogP contribution in [0.5, 0.6) is 0 Å². The Balaban J connectivity index is 0.000000658. The molecule has 4 rings (SSSR count). The second kappa shape index (κ2) is 11.2. The van der Waals surface area contributed by atoms with Crippen LogP contribution in [0, 0.1) is 17.5 Å². The predicted molar refractivity (Wildman–Crippen MR) is 133 cm³/mol. The molecule has 3 aromatic rings. The molecule has 36 heavy (non-hydrogen) atoms. The first-order valence-electron chi connectivity index (χ1n) is 12.0. The van der Waals surface area contributed by atoms with Crippen LogP contribution < -0.4 is 5.02 Å². The highest BCUT2D eigenvalue weighted by atomic mass is 19.1. The molecule has 1 unspecified atom stereocenters. The van der Waals surface area contributed by atoms with E-state index in [-0.39, 0.29) is 6.42 Å². The summed E-state index contributed by atoms with van der Waals surface area (Å²) in [6, 6.07) is 17.3. The normalized spacial score (nSPS) is 19.2. The lowest BCUT2D eigenvalue weighted by Crippen LogP contribution is -2.58. The number of hydrogen-bond donors (Lipinski definition) is 1. The van der Waals surface area contributed by atoms with Gasteiger partial charge in [-0.2, -0.15) is 0 Å². The van der Waals surface area contributed by atoms with Gasteiger partial charge in [0.2, 0.25) is 0 Å². The van der Waals surface area contributed by atoms with Gasteiger partial charge >= 0.3 is 7.32 Å². The molecule has 0 aliphatic heterocycles. The van der Waals surface area contributed by atoms with Crippen molar-refractivity contribution in [2.24, 2.45) is 0 Å². The van der Waals surface area contributed by atoms with E-state index in [1.807, 2.05) is 0 Å². The number of quaternary nitrogens is 1. The molecule has 1 aliphatic rings. The van der Waals surface area contributed by atoms with Gasteiger partial charge in [0.25, 0.3) is 0 Å². The van der Waals surface area contributed by atoms with Crippen LogP contribution in [0.3, 0.4) is 0 Å². The Labute approximate surface area is 211 Å². The Morgan fingerprint density at radius 1 is 0.750 bits per heavy atom. The van der Waals surface area contributed by atoms with E-state index in [2.05, 4.69) is 28.2 Å². The maximum atomic E-state index is 14.4. The summed E-state index contributed by atoms with van der Waals surface area (Å²) in [5, 5.41) is 21.9. The van der Waals surface area contributed by atoms with Gasteiger partial charge in [0.1, 0.15) is 17.5 Å². The van der Waals surface area contributed by atoms with Gasteiger partial charge in [-0.25, -0.2) is 13.2 Å². The Kier molecular flexibility index (Phi) is 8.67. The second-order valence-electron chi connectivity index (χ2n) is 10.6. The van der Waals surface area contributed by atoms with Crippen molar-refractivity contribution < 1.29 is 32.4 Å². The fourth-order valence-electron chi connectivity index (χ4n) is 5.14. The molecule has 1 atom stereocenters. The lowest BCUT2D eigenvalue weighted by Gasteiger charge is -2.56. The van der Waals surface area contributed by atoms with E-state index >= 15 is 0 Å². The highest BCUT2D eigenvalue weighted by Crippen LogP contribution is 2.58. The predicted octanol–water partition coefficient (Wildman–Crippen LogP) is 4.54. The first-order chi connectivity index (χ1) is 16.9. The van der Waals surface area contributed by atoms with E-state index in [1.165, 1.54) is 54.6 Å². The molecule has 1 saturated carbocycles. The van der Waals surface area contributed by atoms with Gasteiger partial charge in [0.05, 0.1) is 39.2 Å². The van der Waals surface area contributed by atoms with Crippen molar-refractivity contribution >= 4 is 7.32 Å². The van der Waals surface area contributed by atoms with Crippen LogP contribution in [0.25, 0.3) is 0 Å². The topological polar surface area (TPSA) is 52.5 Å². The molecule has 3 aromatic carbocycles. The first kappa shape index (κ1) is 27.9. The van der Waals surface area contributed by atoms with Gasteiger partial charge in [-0.15, -0.1) is 0 Å². The lowest BCUT2D eigenvalue weighted by molar-refractivity contribution is -0.849. The van der Waals surface area contributed by atoms with Gasteiger partial charge < -0.3 is 19.2 Å². The van der Waals surface area contributed by atoms with Crippen LogP contribution in [-0.2, 0) is 15.7 Å². The molecule has 4 nitrogen and oxygen atoms in total. The summed E-state index contributed by atoms with van der Waals surface area (Å²) in [5.74, 6) is -1.55. The van der Waals surface area contributed by atoms with E-state index in [4.69, 9.17) is 4.65 Å². The smallest absolute Gasteiger partial charge is 0.343 e. The van der Waals surface area contributed by atoms with Crippen molar-refractivity contribution in [3.05, 3.63) is 107 Å². The molecule has 0 bridgehead atoms. The van der Waals surface area contributed by atoms with Gasteiger partial charge in [-0.1, -0.05) is 49.2 Å². The average molecular weight is 499 g/mol. The molecule has 0 heterocycles. The molecular formula is C28H33BF3NO3. The van der Waals surface area contributed by atoms with E-state index < -0.39 is 35.8 Å². The Hall–Kier alpha value is -2.65. The number of rotatable bonds is 5. The SMILES string of the molecule is C[N+](C)(C)C.[O-]B(O)OC1(c2cccc(F)c2)CCCCC1(c1cccc(F)c1)c1cccc(F)c1. The number of hydrogen-bond acceptors (Lipinski definition) is 3. The Bertz CT molecular complexity index is 1120. The summed E-state index contributed by atoms with van der Waals surface area (Å²) in [6.07, 6.45) is 1.93. The van der Waals surface area contributed by atoms with Crippen LogP contribution in [-0.4, -0.2) is 45.0 Å². The summed E-state index contributed by atoms with van der Waals surface area (Å²) in [7, 11) is 6.07. The third-order valence-electron chi connectivity index (χ3n) is 6.25. The molecule has 0 spiro atoms. The molecule has 1 aliphatic carbocycles. The quantitative estimate of drug-likeness (QED) is 0.415. The summed E-state index contributed by atoms with van der Waals surface area (Å²) in [5.41, 5.74) is -1.54. The van der Waals surface area contributed by atoms with Gasteiger partial charge in [-0.3, -0.25) is 0 Å². The maximum absolute atomic E-state index is 14.4. The second-order valence-corrected chi connectivity index (χ2v) is 10.6. The molecule has 0 amide bonds. The lowest BCUT2D eigenvalue weighted by atomic mass is 9.54. The van der Waals surface area contributed by atoms with Crippen LogP contribution in [0.4, 0.5) is 13.2 Å². The fraction of sp³-hybridized carbons (Fsp3) is 0.357. The zero-order valence-electron chi connectivity index (χ0n) is 21.2. The van der Waals surface area contributed by atoms with E-state index in [0.717, 1.165) is 4.48 Å². The van der Waals surface area contributed by atoms with E-state index in [9.17, 15) is 23.2 Å². The molecule has 0 saturated heterocycles. The van der Waals surface area contributed by atoms with Gasteiger partial charge in [-0.05, 0) is 65.9 Å². The third-order valence-corrected chi connectivity index (χ3v) is 6.25. The Morgan fingerprint density at radius 2 is 1.14 bits per heavy atom. The monoisotopic (exact) mass is 499 g/mol. The molecular weight excluding hydrogens is 466 g/mol. The van der Waals surface area contributed by atoms with Gasteiger partial charge in [0, 0.05) is 0 Å². The molecule has 8 heteroatoms.